The molecular formula is C5H12NO2P3. The van der Waals surface area contributed by atoms with Crippen LogP contribution in [0.25, 0.3) is 0 Å². The first-order valence-corrected chi connectivity index (χ1v) is 6.66. The molecule has 0 saturated carbocycles. The maximum atomic E-state index is 11.1. The smallest absolute Gasteiger partial charge is 0.325 e. The molecule has 64 valence electrons. The normalized spacial score (nSPS) is 26.5. The largest absolute Gasteiger partial charge is 0.450 e. The lowest BCUT2D eigenvalue weighted by atomic mass is 10.2. The summed E-state index contributed by atoms with van der Waals surface area (Å²) < 4.78 is 6.73. The Labute approximate surface area is 72.8 Å². The first-order valence-electron chi connectivity index (χ1n) is 3.43. The summed E-state index contributed by atoms with van der Waals surface area (Å²) in [6.45, 7) is 1.02. The molecule has 0 amide bonds. The van der Waals surface area contributed by atoms with Crippen LogP contribution in [0.2, 0.25) is 0 Å². The van der Waals surface area contributed by atoms with Crippen LogP contribution in [0.4, 0.5) is 0 Å². The first-order chi connectivity index (χ1) is 5.29. The summed E-state index contributed by atoms with van der Waals surface area (Å²) in [5.41, 5.74) is 0. The maximum absolute atomic E-state index is 11.1. The van der Waals surface area contributed by atoms with Gasteiger partial charge in [-0.25, -0.2) is 0 Å². The van der Waals surface area contributed by atoms with Gasteiger partial charge in [-0.2, -0.15) is 0 Å². The van der Waals surface area contributed by atoms with Crippen LogP contribution in [0.1, 0.15) is 12.8 Å². The molecule has 6 heteroatoms. The summed E-state index contributed by atoms with van der Waals surface area (Å²) in [6.07, 6.45) is 2.04. The van der Waals surface area contributed by atoms with Crippen molar-refractivity contribution in [2.24, 2.45) is 0 Å². The highest BCUT2D eigenvalue weighted by Gasteiger charge is 2.30. The molecule has 1 heterocycles. The van der Waals surface area contributed by atoms with E-state index in [9.17, 15) is 4.79 Å². The van der Waals surface area contributed by atoms with E-state index in [1.807, 2.05) is 9.47 Å². The number of rotatable bonds is 2. The Morgan fingerprint density at radius 1 is 1.73 bits per heavy atom. The summed E-state index contributed by atoms with van der Waals surface area (Å²) in [7, 11) is 5.29. The Bertz CT molecular complexity index is 155. The van der Waals surface area contributed by atoms with Crippen molar-refractivity contribution in [3.63, 3.8) is 0 Å². The SMILES string of the molecule is O=C(OP)C1CCCN1PP. The molecule has 1 saturated heterocycles. The molecule has 4 atom stereocenters. The van der Waals surface area contributed by atoms with Crippen molar-refractivity contribution in [3.05, 3.63) is 0 Å². The Morgan fingerprint density at radius 2 is 2.45 bits per heavy atom. The van der Waals surface area contributed by atoms with Crippen LogP contribution in [0.5, 0.6) is 0 Å². The first kappa shape index (κ1) is 9.81. The van der Waals surface area contributed by atoms with Gasteiger partial charge in [0.2, 0.25) is 0 Å². The monoisotopic (exact) mass is 211 g/mol. The highest BCUT2D eigenvalue weighted by molar-refractivity contribution is 8.01. The minimum atomic E-state index is -0.123. The van der Waals surface area contributed by atoms with Crippen molar-refractivity contribution in [2.45, 2.75) is 18.9 Å². The van der Waals surface area contributed by atoms with Crippen LogP contribution in [-0.2, 0) is 9.32 Å². The summed E-state index contributed by atoms with van der Waals surface area (Å²) in [6, 6.07) is 0.00309. The quantitative estimate of drug-likeness (QED) is 0.642. The second-order valence-corrected chi connectivity index (χ2v) is 4.26. The molecule has 0 N–H and O–H groups in total. The van der Waals surface area contributed by atoms with Crippen molar-refractivity contribution in [3.8, 4) is 0 Å². The van der Waals surface area contributed by atoms with Gasteiger partial charge in [-0.15, -0.1) is 0 Å². The summed E-state index contributed by atoms with van der Waals surface area (Å²) in [5, 5.41) is 0. The zero-order valence-electron chi connectivity index (χ0n) is 6.12. The van der Waals surface area contributed by atoms with E-state index in [0.717, 1.165) is 19.4 Å². The minimum Gasteiger partial charge on any atom is -0.450 e. The highest BCUT2D eigenvalue weighted by atomic mass is 32.0. The number of hydrogen-bond donors (Lipinski definition) is 0. The van der Waals surface area contributed by atoms with Gasteiger partial charge in [0.1, 0.15) is 6.04 Å². The van der Waals surface area contributed by atoms with Crippen LogP contribution >= 0.6 is 26.8 Å². The number of carbonyl (C=O) groups is 1. The molecule has 0 aromatic rings. The fraction of sp³-hybridized carbons (Fsp3) is 0.800. The molecule has 3 nitrogen and oxygen atoms in total. The molecule has 4 unspecified atom stereocenters. The van der Waals surface area contributed by atoms with Crippen molar-refractivity contribution in [1.29, 1.82) is 0 Å². The number of carbonyl (C=O) groups excluding carboxylic acids is 1. The molecule has 0 aromatic heterocycles. The van der Waals surface area contributed by atoms with Gasteiger partial charge in [0, 0.05) is 6.54 Å². The molecule has 0 aliphatic carbocycles. The lowest BCUT2D eigenvalue weighted by Gasteiger charge is -2.19. The number of nitrogens with zero attached hydrogens (tertiary/aromatic N) is 1. The average molecular weight is 211 g/mol. The van der Waals surface area contributed by atoms with Crippen LogP contribution in [0.15, 0.2) is 0 Å². The molecule has 0 spiro atoms. The second-order valence-electron chi connectivity index (χ2n) is 2.42. The lowest BCUT2D eigenvalue weighted by Crippen LogP contribution is -2.29. The third-order valence-electron chi connectivity index (χ3n) is 1.81. The Balaban J connectivity index is 2.49. The third kappa shape index (κ3) is 2.33. The summed E-state index contributed by atoms with van der Waals surface area (Å²) in [4.78, 5) is 11.1. The number of hydrogen-bond acceptors (Lipinski definition) is 3. The molecule has 0 aromatic carbocycles. The Morgan fingerprint density at radius 3 is 3.00 bits per heavy atom. The Kier molecular flexibility index (Phi) is 4.17. The van der Waals surface area contributed by atoms with Gasteiger partial charge in [-0.1, -0.05) is 8.93 Å². The maximum Gasteiger partial charge on any atom is 0.325 e. The second kappa shape index (κ2) is 4.67. The van der Waals surface area contributed by atoms with Gasteiger partial charge in [0.15, 0.2) is 0 Å². The minimum absolute atomic E-state index is 0.00309. The van der Waals surface area contributed by atoms with E-state index in [-0.39, 0.29) is 12.0 Å². The fourth-order valence-electron chi connectivity index (χ4n) is 1.24. The molecule has 1 aliphatic heterocycles. The summed E-state index contributed by atoms with van der Waals surface area (Å²) >= 11 is 0. The van der Waals surface area contributed by atoms with Crippen molar-refractivity contribution >= 4 is 32.8 Å². The average Bonchev–Trinajstić information content (AvgIpc) is 2.50. The molecule has 1 rings (SSSR count). The topological polar surface area (TPSA) is 29.5 Å². The van der Waals surface area contributed by atoms with Crippen LogP contribution < -0.4 is 0 Å². The van der Waals surface area contributed by atoms with Gasteiger partial charge in [0.25, 0.3) is 0 Å². The van der Waals surface area contributed by atoms with Gasteiger partial charge in [0.05, 0.1) is 9.47 Å². The Hall–Kier alpha value is 0.720. The molecule has 0 radical (unpaired) electrons. The van der Waals surface area contributed by atoms with Crippen LogP contribution in [0.3, 0.4) is 0 Å². The fourth-order valence-corrected chi connectivity index (χ4v) is 3.03. The van der Waals surface area contributed by atoms with E-state index < -0.39 is 0 Å². The van der Waals surface area contributed by atoms with Gasteiger partial charge in [-0.05, 0) is 21.3 Å². The lowest BCUT2D eigenvalue weighted by molar-refractivity contribution is -0.136. The van der Waals surface area contributed by atoms with E-state index in [0.29, 0.717) is 8.42 Å². The van der Waals surface area contributed by atoms with Crippen molar-refractivity contribution < 1.29 is 9.32 Å². The molecule has 1 aliphatic rings. The van der Waals surface area contributed by atoms with E-state index >= 15 is 0 Å². The predicted molar refractivity (Wildman–Crippen MR) is 53.6 cm³/mol. The van der Waals surface area contributed by atoms with Crippen LogP contribution in [0, 0.1) is 0 Å². The standard InChI is InChI=1S/C5H12NO2P3/c7-5(8-9)4-2-1-3-6(4)11-10/h4,11H,1-3,9-10H2. The van der Waals surface area contributed by atoms with E-state index in [1.165, 1.54) is 0 Å². The molecule has 0 bridgehead atoms. The summed E-state index contributed by atoms with van der Waals surface area (Å²) in [5.74, 6) is -0.123. The van der Waals surface area contributed by atoms with Gasteiger partial charge < -0.3 is 4.52 Å². The molecule has 1 fully saturated rings. The zero-order chi connectivity index (χ0) is 8.27. The van der Waals surface area contributed by atoms with Crippen molar-refractivity contribution in [1.82, 2.24) is 4.67 Å². The van der Waals surface area contributed by atoms with Gasteiger partial charge >= 0.3 is 5.97 Å². The van der Waals surface area contributed by atoms with Gasteiger partial charge in [-0.3, -0.25) is 9.46 Å². The van der Waals surface area contributed by atoms with Crippen molar-refractivity contribution in [2.75, 3.05) is 6.54 Å². The molecular weight excluding hydrogens is 199 g/mol. The zero-order valence-corrected chi connectivity index (χ0v) is 9.43. The van der Waals surface area contributed by atoms with E-state index in [4.69, 9.17) is 0 Å². The van der Waals surface area contributed by atoms with E-state index in [2.05, 4.69) is 18.1 Å². The van der Waals surface area contributed by atoms with E-state index in [1.54, 1.807) is 0 Å². The van der Waals surface area contributed by atoms with Crippen LogP contribution in [-0.4, -0.2) is 23.2 Å². The molecule has 11 heavy (non-hydrogen) atoms. The third-order valence-corrected chi connectivity index (χ3v) is 3.90. The predicted octanol–water partition coefficient (Wildman–Crippen LogP) is 1.17. The highest BCUT2D eigenvalue weighted by Crippen LogP contribution is 2.35.